The lowest BCUT2D eigenvalue weighted by Gasteiger charge is -2.26. The van der Waals surface area contributed by atoms with Crippen molar-refractivity contribution in [1.82, 2.24) is 0 Å². The predicted molar refractivity (Wildman–Crippen MR) is 131 cm³/mol. The molecule has 3 aromatic rings. The number of rotatable bonds is 7. The van der Waals surface area contributed by atoms with Crippen LogP contribution in [0.1, 0.15) is 36.6 Å². The largest absolute Gasteiger partial charge is 0.507 e. The topological polar surface area (TPSA) is 76.1 Å². The molecule has 1 fully saturated rings. The molecule has 7 heteroatoms. The summed E-state index contributed by atoms with van der Waals surface area (Å²) in [6, 6.07) is 16.6. The number of ether oxygens (including phenoxy) is 2. The zero-order valence-corrected chi connectivity index (χ0v) is 19.7. The highest BCUT2D eigenvalue weighted by Crippen LogP contribution is 2.44. The molecule has 0 bridgehead atoms. The van der Waals surface area contributed by atoms with Crippen LogP contribution < -0.4 is 14.4 Å². The van der Waals surface area contributed by atoms with Gasteiger partial charge in [0.05, 0.1) is 30.4 Å². The number of amides is 1. The van der Waals surface area contributed by atoms with Gasteiger partial charge in [-0.05, 0) is 68.3 Å². The molecule has 1 aliphatic heterocycles. The number of aliphatic hydroxyl groups is 1. The Hall–Kier alpha value is -4.13. The molecule has 35 heavy (non-hydrogen) atoms. The summed E-state index contributed by atoms with van der Waals surface area (Å²) >= 11 is 0. The molecule has 3 aromatic carbocycles. The van der Waals surface area contributed by atoms with E-state index in [1.54, 1.807) is 37.3 Å². The van der Waals surface area contributed by atoms with Gasteiger partial charge in [0, 0.05) is 11.8 Å². The molecule has 0 aromatic heterocycles. The van der Waals surface area contributed by atoms with Crippen molar-refractivity contribution in [3.05, 3.63) is 94.8 Å². The molecule has 1 saturated heterocycles. The number of hydrogen-bond acceptors (Lipinski definition) is 5. The summed E-state index contributed by atoms with van der Waals surface area (Å²) < 4.78 is 24.9. The molecule has 6 nitrogen and oxygen atoms in total. The second kappa shape index (κ2) is 10.0. The minimum Gasteiger partial charge on any atom is -0.507 e. The molecule has 0 aliphatic carbocycles. The first-order valence-corrected chi connectivity index (χ1v) is 11.4. The number of aryl methyl sites for hydroxylation is 1. The average molecular weight is 476 g/mol. The lowest BCUT2D eigenvalue weighted by molar-refractivity contribution is -0.132. The smallest absolute Gasteiger partial charge is 0.300 e. The monoisotopic (exact) mass is 475 g/mol. The molecule has 0 radical (unpaired) electrons. The Morgan fingerprint density at radius 2 is 1.66 bits per heavy atom. The number of carbonyl (C=O) groups excluding carboxylic acids is 2. The van der Waals surface area contributed by atoms with E-state index in [2.05, 4.69) is 0 Å². The van der Waals surface area contributed by atoms with Crippen LogP contribution in [0.5, 0.6) is 11.5 Å². The van der Waals surface area contributed by atoms with Gasteiger partial charge in [0.15, 0.2) is 0 Å². The number of aliphatic hydroxyl groups excluding tert-OH is 1. The first-order valence-electron chi connectivity index (χ1n) is 11.4. The normalized spacial score (nSPS) is 17.0. The predicted octanol–water partition coefficient (Wildman–Crippen LogP) is 5.56. The quantitative estimate of drug-likeness (QED) is 0.275. The lowest BCUT2D eigenvalue weighted by Crippen LogP contribution is -2.29. The fraction of sp³-hybridized carbons (Fsp3) is 0.214. The van der Waals surface area contributed by atoms with Crippen molar-refractivity contribution in [1.29, 1.82) is 0 Å². The Balaban J connectivity index is 1.95. The first-order chi connectivity index (χ1) is 16.9. The van der Waals surface area contributed by atoms with Crippen LogP contribution in [0.4, 0.5) is 10.1 Å². The first kappa shape index (κ1) is 24.0. The third kappa shape index (κ3) is 4.49. The second-order valence-electron chi connectivity index (χ2n) is 8.03. The van der Waals surface area contributed by atoms with Crippen molar-refractivity contribution in [2.75, 3.05) is 18.1 Å². The van der Waals surface area contributed by atoms with Crippen LogP contribution in [0, 0.1) is 12.7 Å². The Morgan fingerprint density at radius 1 is 0.971 bits per heavy atom. The van der Waals surface area contributed by atoms with E-state index in [0.717, 1.165) is 5.56 Å². The van der Waals surface area contributed by atoms with E-state index in [9.17, 15) is 19.1 Å². The van der Waals surface area contributed by atoms with Crippen molar-refractivity contribution >= 4 is 23.1 Å². The van der Waals surface area contributed by atoms with Crippen molar-refractivity contribution < 1.29 is 28.6 Å². The van der Waals surface area contributed by atoms with Crippen LogP contribution in [0.2, 0.25) is 0 Å². The summed E-state index contributed by atoms with van der Waals surface area (Å²) in [6.07, 6.45) is 0. The van der Waals surface area contributed by atoms with E-state index in [1.807, 2.05) is 26.0 Å². The van der Waals surface area contributed by atoms with Crippen LogP contribution in [0.25, 0.3) is 5.76 Å². The molecular weight excluding hydrogens is 449 g/mol. The fourth-order valence-electron chi connectivity index (χ4n) is 4.26. The molecule has 1 heterocycles. The van der Waals surface area contributed by atoms with Gasteiger partial charge >= 0.3 is 0 Å². The van der Waals surface area contributed by atoms with Gasteiger partial charge in [-0.3, -0.25) is 14.5 Å². The molecular formula is C28H26FNO5. The third-order valence-corrected chi connectivity index (χ3v) is 5.85. The number of ketones is 1. The molecule has 1 aliphatic rings. The molecule has 1 N–H and O–H groups in total. The number of hydrogen-bond donors (Lipinski definition) is 1. The summed E-state index contributed by atoms with van der Waals surface area (Å²) in [6.45, 7) is 6.29. The number of anilines is 1. The fourth-order valence-corrected chi connectivity index (χ4v) is 4.26. The van der Waals surface area contributed by atoms with Gasteiger partial charge in [-0.15, -0.1) is 0 Å². The standard InChI is InChI=1S/C28H26FNO5/c1-4-34-20-14-15-22(23(16-20)35-5-2)26(31)24-25(21-9-7-6-8-17(21)3)30(28(33)27(24)32)19-12-10-18(29)11-13-19/h6-16,25,31H,4-5H2,1-3H3/b26-24+. The Morgan fingerprint density at radius 3 is 2.31 bits per heavy atom. The van der Waals surface area contributed by atoms with Crippen molar-refractivity contribution in [3.8, 4) is 11.5 Å². The summed E-state index contributed by atoms with van der Waals surface area (Å²) in [5, 5.41) is 11.5. The van der Waals surface area contributed by atoms with Gasteiger partial charge in [0.25, 0.3) is 11.7 Å². The van der Waals surface area contributed by atoms with Crippen LogP contribution in [0.3, 0.4) is 0 Å². The highest BCUT2D eigenvalue weighted by atomic mass is 19.1. The van der Waals surface area contributed by atoms with Gasteiger partial charge in [-0.2, -0.15) is 0 Å². The second-order valence-corrected chi connectivity index (χ2v) is 8.03. The number of Topliss-reactive ketones (excluding diaryl/α,β-unsaturated/α-hetero) is 1. The number of benzene rings is 3. The summed E-state index contributed by atoms with van der Waals surface area (Å²) in [5.41, 5.74) is 2.04. The highest BCUT2D eigenvalue weighted by Gasteiger charge is 2.47. The van der Waals surface area contributed by atoms with Gasteiger partial charge in [0.2, 0.25) is 0 Å². The number of nitrogens with zero attached hydrogens (tertiary/aromatic N) is 1. The van der Waals surface area contributed by atoms with Crippen LogP contribution in [-0.2, 0) is 9.59 Å². The summed E-state index contributed by atoms with van der Waals surface area (Å²) in [4.78, 5) is 27.9. The minimum absolute atomic E-state index is 0.0706. The average Bonchev–Trinajstić information content (AvgIpc) is 3.10. The molecule has 4 rings (SSSR count). The lowest BCUT2D eigenvalue weighted by atomic mass is 9.92. The highest BCUT2D eigenvalue weighted by molar-refractivity contribution is 6.51. The summed E-state index contributed by atoms with van der Waals surface area (Å²) in [7, 11) is 0. The summed E-state index contributed by atoms with van der Waals surface area (Å²) in [5.74, 6) is -1.59. The van der Waals surface area contributed by atoms with E-state index in [0.29, 0.717) is 36.0 Å². The van der Waals surface area contributed by atoms with Crippen LogP contribution in [0.15, 0.2) is 72.3 Å². The molecule has 1 unspecified atom stereocenters. The van der Waals surface area contributed by atoms with Gasteiger partial charge in [-0.25, -0.2) is 4.39 Å². The van der Waals surface area contributed by atoms with Crippen molar-refractivity contribution in [2.24, 2.45) is 0 Å². The van der Waals surface area contributed by atoms with Gasteiger partial charge in [0.1, 0.15) is 23.1 Å². The number of carbonyl (C=O) groups is 2. The van der Waals surface area contributed by atoms with E-state index in [-0.39, 0.29) is 16.9 Å². The zero-order valence-electron chi connectivity index (χ0n) is 19.7. The molecule has 1 amide bonds. The zero-order chi connectivity index (χ0) is 25.1. The van der Waals surface area contributed by atoms with Crippen molar-refractivity contribution in [2.45, 2.75) is 26.8 Å². The van der Waals surface area contributed by atoms with Crippen LogP contribution in [-0.4, -0.2) is 30.0 Å². The molecule has 1 atom stereocenters. The van der Waals surface area contributed by atoms with Gasteiger partial charge < -0.3 is 14.6 Å². The van der Waals surface area contributed by atoms with E-state index in [4.69, 9.17) is 9.47 Å². The molecule has 0 spiro atoms. The Labute approximate surface area is 203 Å². The van der Waals surface area contributed by atoms with E-state index in [1.165, 1.54) is 29.2 Å². The van der Waals surface area contributed by atoms with Crippen LogP contribution >= 0.6 is 0 Å². The minimum atomic E-state index is -0.914. The van der Waals surface area contributed by atoms with Crippen molar-refractivity contribution in [3.63, 3.8) is 0 Å². The SMILES string of the molecule is CCOc1ccc(/C(O)=C2\C(=O)C(=O)N(c3ccc(F)cc3)C2c2ccccc2C)c(OCC)c1. The third-order valence-electron chi connectivity index (χ3n) is 5.85. The maximum absolute atomic E-state index is 13.6. The Kier molecular flexibility index (Phi) is 6.87. The van der Waals surface area contributed by atoms with E-state index >= 15 is 0 Å². The molecule has 0 saturated carbocycles. The molecule has 180 valence electrons. The van der Waals surface area contributed by atoms with E-state index < -0.39 is 23.5 Å². The number of halogens is 1. The maximum Gasteiger partial charge on any atom is 0.300 e. The Bertz CT molecular complexity index is 1300. The van der Waals surface area contributed by atoms with Gasteiger partial charge in [-0.1, -0.05) is 24.3 Å². The maximum atomic E-state index is 13.6.